The van der Waals surface area contributed by atoms with Gasteiger partial charge in [-0.3, -0.25) is 4.79 Å². The number of carbonyl (C=O) groups excluding carboxylic acids is 1. The van der Waals surface area contributed by atoms with Crippen LogP contribution in [0, 0.1) is 6.92 Å². The first-order chi connectivity index (χ1) is 8.75. The van der Waals surface area contributed by atoms with Crippen LogP contribution in [-0.4, -0.2) is 37.0 Å². The Kier molecular flexibility index (Phi) is 5.20. The topological polar surface area (TPSA) is 32.3 Å². The number of aryl methyl sites for hydroxylation is 2. The highest BCUT2D eigenvalue weighted by atomic mass is 32.1. The second kappa shape index (κ2) is 6.90. The minimum absolute atomic E-state index is 0.326. The highest BCUT2D eigenvalue weighted by Gasteiger charge is 2.14. The SMILES string of the molecule is Cc1ccc(CCCC(=O)N2CCCNCC2)s1. The molecular formula is C14H22N2OS. The lowest BCUT2D eigenvalue weighted by molar-refractivity contribution is -0.131. The van der Waals surface area contributed by atoms with Crippen LogP contribution in [0.4, 0.5) is 0 Å². The highest BCUT2D eigenvalue weighted by molar-refractivity contribution is 7.11. The molecule has 3 nitrogen and oxygen atoms in total. The number of nitrogens with one attached hydrogen (secondary N) is 1. The summed E-state index contributed by atoms with van der Waals surface area (Å²) in [5.74, 6) is 0.326. The van der Waals surface area contributed by atoms with Gasteiger partial charge in [-0.2, -0.15) is 0 Å². The number of amides is 1. The van der Waals surface area contributed by atoms with Crippen molar-refractivity contribution >= 4 is 17.2 Å². The first-order valence-electron chi connectivity index (χ1n) is 6.79. The molecule has 2 heterocycles. The molecule has 0 aliphatic carbocycles. The van der Waals surface area contributed by atoms with E-state index in [1.807, 2.05) is 16.2 Å². The molecule has 0 radical (unpaired) electrons. The summed E-state index contributed by atoms with van der Waals surface area (Å²) in [6.07, 6.45) is 3.78. The number of carbonyl (C=O) groups is 1. The number of hydrogen-bond acceptors (Lipinski definition) is 3. The molecule has 1 aromatic heterocycles. The van der Waals surface area contributed by atoms with Crippen molar-refractivity contribution in [2.45, 2.75) is 32.6 Å². The maximum Gasteiger partial charge on any atom is 0.222 e. The van der Waals surface area contributed by atoms with Crippen molar-refractivity contribution in [1.29, 1.82) is 0 Å². The van der Waals surface area contributed by atoms with Crippen molar-refractivity contribution in [2.24, 2.45) is 0 Å². The van der Waals surface area contributed by atoms with E-state index in [1.165, 1.54) is 9.75 Å². The third-order valence-electron chi connectivity index (χ3n) is 3.30. The van der Waals surface area contributed by atoms with E-state index in [9.17, 15) is 4.79 Å². The van der Waals surface area contributed by atoms with Crippen molar-refractivity contribution in [3.05, 3.63) is 21.9 Å². The molecule has 1 fully saturated rings. The predicted octanol–water partition coefficient (Wildman–Crippen LogP) is 2.20. The van der Waals surface area contributed by atoms with Crippen LogP contribution in [0.25, 0.3) is 0 Å². The van der Waals surface area contributed by atoms with E-state index in [2.05, 4.69) is 24.4 Å². The van der Waals surface area contributed by atoms with Gasteiger partial charge in [0, 0.05) is 35.8 Å². The Morgan fingerprint density at radius 3 is 3.06 bits per heavy atom. The zero-order valence-corrected chi connectivity index (χ0v) is 11.9. The molecule has 0 aromatic carbocycles. The summed E-state index contributed by atoms with van der Waals surface area (Å²) in [5.41, 5.74) is 0. The summed E-state index contributed by atoms with van der Waals surface area (Å²) in [7, 11) is 0. The van der Waals surface area contributed by atoms with Crippen LogP contribution in [0.2, 0.25) is 0 Å². The van der Waals surface area contributed by atoms with Gasteiger partial charge in [-0.25, -0.2) is 0 Å². The van der Waals surface area contributed by atoms with Crippen molar-refractivity contribution in [3.8, 4) is 0 Å². The van der Waals surface area contributed by atoms with E-state index in [0.29, 0.717) is 12.3 Å². The molecular weight excluding hydrogens is 244 g/mol. The fourth-order valence-corrected chi connectivity index (χ4v) is 3.22. The second-order valence-electron chi connectivity index (χ2n) is 4.85. The van der Waals surface area contributed by atoms with Gasteiger partial charge < -0.3 is 10.2 Å². The van der Waals surface area contributed by atoms with Crippen LogP contribution in [0.15, 0.2) is 12.1 Å². The number of thiophene rings is 1. The van der Waals surface area contributed by atoms with Gasteiger partial charge in [0.25, 0.3) is 0 Å². The van der Waals surface area contributed by atoms with Gasteiger partial charge in [0.2, 0.25) is 5.91 Å². The molecule has 1 saturated heterocycles. The van der Waals surface area contributed by atoms with Crippen LogP contribution in [0.1, 0.15) is 29.0 Å². The molecule has 1 aliphatic rings. The smallest absolute Gasteiger partial charge is 0.222 e. The van der Waals surface area contributed by atoms with E-state index in [-0.39, 0.29) is 0 Å². The van der Waals surface area contributed by atoms with Gasteiger partial charge in [-0.15, -0.1) is 11.3 Å². The monoisotopic (exact) mass is 266 g/mol. The van der Waals surface area contributed by atoms with E-state index < -0.39 is 0 Å². The molecule has 18 heavy (non-hydrogen) atoms. The van der Waals surface area contributed by atoms with Crippen molar-refractivity contribution in [3.63, 3.8) is 0 Å². The molecule has 100 valence electrons. The lowest BCUT2D eigenvalue weighted by Crippen LogP contribution is -2.34. The maximum atomic E-state index is 12.0. The van der Waals surface area contributed by atoms with E-state index in [4.69, 9.17) is 0 Å². The molecule has 1 N–H and O–H groups in total. The first-order valence-corrected chi connectivity index (χ1v) is 7.61. The van der Waals surface area contributed by atoms with E-state index in [0.717, 1.165) is 45.4 Å². The van der Waals surface area contributed by atoms with Gasteiger partial charge in [-0.1, -0.05) is 0 Å². The third-order valence-corrected chi connectivity index (χ3v) is 4.36. The quantitative estimate of drug-likeness (QED) is 0.906. The summed E-state index contributed by atoms with van der Waals surface area (Å²) < 4.78 is 0. The van der Waals surface area contributed by atoms with Gasteiger partial charge in [0.1, 0.15) is 0 Å². The lowest BCUT2D eigenvalue weighted by Gasteiger charge is -2.19. The fourth-order valence-electron chi connectivity index (χ4n) is 2.29. The first kappa shape index (κ1) is 13.6. The van der Waals surface area contributed by atoms with Crippen molar-refractivity contribution in [2.75, 3.05) is 26.2 Å². The Morgan fingerprint density at radius 1 is 1.39 bits per heavy atom. The van der Waals surface area contributed by atoms with Gasteiger partial charge >= 0.3 is 0 Å². The molecule has 0 spiro atoms. The van der Waals surface area contributed by atoms with Crippen LogP contribution in [-0.2, 0) is 11.2 Å². The summed E-state index contributed by atoms with van der Waals surface area (Å²) in [6.45, 7) is 5.90. The Hall–Kier alpha value is -0.870. The van der Waals surface area contributed by atoms with Crippen LogP contribution in [0.3, 0.4) is 0 Å². The summed E-state index contributed by atoms with van der Waals surface area (Å²) in [6, 6.07) is 4.34. The van der Waals surface area contributed by atoms with Crippen molar-refractivity contribution in [1.82, 2.24) is 10.2 Å². The van der Waals surface area contributed by atoms with Crippen LogP contribution >= 0.6 is 11.3 Å². The Bertz CT molecular complexity index is 381. The molecule has 0 unspecified atom stereocenters. The zero-order valence-electron chi connectivity index (χ0n) is 11.1. The largest absolute Gasteiger partial charge is 0.341 e. The van der Waals surface area contributed by atoms with Gasteiger partial charge in [-0.05, 0) is 44.9 Å². The fraction of sp³-hybridized carbons (Fsp3) is 0.643. The predicted molar refractivity (Wildman–Crippen MR) is 76.1 cm³/mol. The standard InChI is InChI=1S/C14H22N2OS/c1-12-6-7-13(18-12)4-2-5-14(17)16-10-3-8-15-9-11-16/h6-7,15H,2-5,8-11H2,1H3. The van der Waals surface area contributed by atoms with E-state index in [1.54, 1.807) is 0 Å². The minimum Gasteiger partial charge on any atom is -0.341 e. The number of rotatable bonds is 4. The summed E-state index contributed by atoms with van der Waals surface area (Å²) in [4.78, 5) is 16.8. The average molecular weight is 266 g/mol. The molecule has 0 bridgehead atoms. The van der Waals surface area contributed by atoms with Gasteiger partial charge in [0.05, 0.1) is 0 Å². The average Bonchev–Trinajstić information content (AvgIpc) is 2.63. The molecule has 0 saturated carbocycles. The molecule has 0 atom stereocenters. The molecule has 1 aliphatic heterocycles. The van der Waals surface area contributed by atoms with E-state index >= 15 is 0 Å². The van der Waals surface area contributed by atoms with Crippen molar-refractivity contribution < 1.29 is 4.79 Å². The lowest BCUT2D eigenvalue weighted by atomic mass is 10.2. The summed E-state index contributed by atoms with van der Waals surface area (Å²) in [5, 5.41) is 3.32. The van der Waals surface area contributed by atoms with Gasteiger partial charge in [0.15, 0.2) is 0 Å². The molecule has 4 heteroatoms. The normalized spacial score (nSPS) is 16.6. The Balaban J connectivity index is 1.70. The highest BCUT2D eigenvalue weighted by Crippen LogP contribution is 2.17. The molecule has 2 rings (SSSR count). The maximum absolute atomic E-state index is 12.0. The van der Waals surface area contributed by atoms with Crippen LogP contribution in [0.5, 0.6) is 0 Å². The van der Waals surface area contributed by atoms with Crippen LogP contribution < -0.4 is 5.32 Å². The number of hydrogen-bond donors (Lipinski definition) is 1. The minimum atomic E-state index is 0.326. The Labute approximate surface area is 113 Å². The third kappa shape index (κ3) is 4.10. The summed E-state index contributed by atoms with van der Waals surface area (Å²) >= 11 is 1.84. The number of nitrogens with zero attached hydrogens (tertiary/aromatic N) is 1. The second-order valence-corrected chi connectivity index (χ2v) is 6.22. The molecule has 1 amide bonds. The zero-order chi connectivity index (χ0) is 12.8. The molecule has 1 aromatic rings. The Morgan fingerprint density at radius 2 is 2.28 bits per heavy atom.